The molecule has 8 heteroatoms. The fourth-order valence-corrected chi connectivity index (χ4v) is 4.19. The van der Waals surface area contributed by atoms with E-state index in [0.717, 1.165) is 66.3 Å². The maximum Gasteiger partial charge on any atom is 0.226 e. The monoisotopic (exact) mass is 458 g/mol. The zero-order valence-electron chi connectivity index (χ0n) is 19.6. The maximum atomic E-state index is 13.0. The highest BCUT2D eigenvalue weighted by Gasteiger charge is 2.28. The van der Waals surface area contributed by atoms with E-state index in [1.165, 1.54) is 12.8 Å². The fourth-order valence-electron chi connectivity index (χ4n) is 4.19. The van der Waals surface area contributed by atoms with Gasteiger partial charge in [-0.25, -0.2) is 9.50 Å². The molecule has 1 aliphatic rings. The van der Waals surface area contributed by atoms with Crippen LogP contribution in [0.15, 0.2) is 53.4 Å². The topological polar surface area (TPSA) is 89.4 Å². The molecule has 0 saturated heterocycles. The number of hydrogen-bond donors (Lipinski definition) is 0. The number of aromatic nitrogens is 5. The van der Waals surface area contributed by atoms with E-state index in [2.05, 4.69) is 32.4 Å². The molecule has 0 N–H and O–H groups in total. The Labute approximate surface area is 199 Å². The Kier molecular flexibility index (Phi) is 6.65. The number of carbonyl (C=O) groups is 1. The number of unbranched alkanes of at least 4 members (excludes halogenated alkanes) is 2. The predicted molar refractivity (Wildman–Crippen MR) is 130 cm³/mol. The van der Waals surface area contributed by atoms with Gasteiger partial charge in [0.25, 0.3) is 0 Å². The number of amides is 1. The lowest BCUT2D eigenvalue weighted by atomic mass is 10.1. The number of benzene rings is 1. The molecule has 1 aromatic carbocycles. The first-order valence-electron chi connectivity index (χ1n) is 12.2. The Morgan fingerprint density at radius 1 is 1.15 bits per heavy atom. The fraction of sp³-hybridized carbons (Fsp3) is 0.423. The van der Waals surface area contributed by atoms with Gasteiger partial charge in [0.15, 0.2) is 11.5 Å². The van der Waals surface area contributed by atoms with Crippen LogP contribution >= 0.6 is 0 Å². The third kappa shape index (κ3) is 5.16. The van der Waals surface area contributed by atoms with E-state index in [0.29, 0.717) is 18.9 Å². The number of fused-ring (bicyclic) bond motifs is 1. The Morgan fingerprint density at radius 3 is 2.88 bits per heavy atom. The van der Waals surface area contributed by atoms with E-state index >= 15 is 0 Å². The van der Waals surface area contributed by atoms with Crippen LogP contribution in [-0.2, 0) is 11.2 Å². The molecule has 34 heavy (non-hydrogen) atoms. The second kappa shape index (κ2) is 10.2. The molecule has 0 radical (unpaired) electrons. The molecule has 3 aromatic heterocycles. The Morgan fingerprint density at radius 2 is 2.03 bits per heavy atom. The van der Waals surface area contributed by atoms with Gasteiger partial charge in [-0.15, -0.1) is 0 Å². The maximum absolute atomic E-state index is 13.0. The molecule has 0 aliphatic heterocycles. The van der Waals surface area contributed by atoms with E-state index in [1.807, 2.05) is 42.3 Å². The van der Waals surface area contributed by atoms with Gasteiger partial charge in [-0.3, -0.25) is 4.79 Å². The van der Waals surface area contributed by atoms with E-state index in [-0.39, 0.29) is 5.91 Å². The molecule has 0 bridgehead atoms. The van der Waals surface area contributed by atoms with Crippen LogP contribution in [0.1, 0.15) is 69.5 Å². The molecule has 0 spiro atoms. The molecule has 1 aliphatic carbocycles. The van der Waals surface area contributed by atoms with Crippen LogP contribution in [0.2, 0.25) is 0 Å². The molecule has 4 aromatic rings. The summed E-state index contributed by atoms with van der Waals surface area (Å²) in [7, 11) is 0. The molecule has 8 nitrogen and oxygen atoms in total. The first-order chi connectivity index (χ1) is 16.7. The minimum atomic E-state index is 0.165. The SMILES string of the molecule is CCCC(=O)N(CCCCCc1nc(C2CC2)no1)c1cccc(-c2ccn3ncnc3c2)c1. The van der Waals surface area contributed by atoms with Gasteiger partial charge in [0.2, 0.25) is 11.8 Å². The van der Waals surface area contributed by atoms with E-state index in [9.17, 15) is 4.79 Å². The molecule has 3 heterocycles. The van der Waals surface area contributed by atoms with Crippen molar-refractivity contribution in [1.29, 1.82) is 0 Å². The Bertz CT molecular complexity index is 1260. The summed E-state index contributed by atoms with van der Waals surface area (Å²) in [5.74, 6) is 2.29. The molecule has 5 rings (SSSR count). The molecular weight excluding hydrogens is 428 g/mol. The number of rotatable bonds is 11. The minimum Gasteiger partial charge on any atom is -0.339 e. The normalized spacial score (nSPS) is 13.4. The van der Waals surface area contributed by atoms with Crippen molar-refractivity contribution in [3.05, 3.63) is 60.6 Å². The van der Waals surface area contributed by atoms with Crippen LogP contribution in [0.5, 0.6) is 0 Å². The van der Waals surface area contributed by atoms with E-state index in [4.69, 9.17) is 4.52 Å². The number of aryl methyl sites for hydroxylation is 1. The quantitative estimate of drug-likeness (QED) is 0.287. The van der Waals surface area contributed by atoms with Crippen LogP contribution < -0.4 is 4.90 Å². The van der Waals surface area contributed by atoms with Crippen molar-refractivity contribution >= 4 is 17.2 Å². The number of carbonyl (C=O) groups excluding carboxylic acids is 1. The number of nitrogens with zero attached hydrogens (tertiary/aromatic N) is 6. The van der Waals surface area contributed by atoms with Gasteiger partial charge in [-0.2, -0.15) is 10.1 Å². The van der Waals surface area contributed by atoms with Gasteiger partial charge in [-0.05, 0) is 67.5 Å². The van der Waals surface area contributed by atoms with Crippen molar-refractivity contribution in [1.82, 2.24) is 24.7 Å². The molecule has 0 atom stereocenters. The van der Waals surface area contributed by atoms with Crippen molar-refractivity contribution in [2.24, 2.45) is 0 Å². The summed E-state index contributed by atoms with van der Waals surface area (Å²) in [5, 5.41) is 8.25. The third-order valence-corrected chi connectivity index (χ3v) is 6.24. The van der Waals surface area contributed by atoms with Crippen molar-refractivity contribution in [2.75, 3.05) is 11.4 Å². The number of anilines is 1. The van der Waals surface area contributed by atoms with Gasteiger partial charge in [0.05, 0.1) is 0 Å². The molecule has 1 amide bonds. The van der Waals surface area contributed by atoms with Gasteiger partial charge in [-0.1, -0.05) is 30.6 Å². The first-order valence-corrected chi connectivity index (χ1v) is 12.2. The van der Waals surface area contributed by atoms with Crippen molar-refractivity contribution in [3.63, 3.8) is 0 Å². The van der Waals surface area contributed by atoms with Crippen LogP contribution in [0.3, 0.4) is 0 Å². The lowest BCUT2D eigenvalue weighted by molar-refractivity contribution is -0.118. The van der Waals surface area contributed by atoms with Gasteiger partial charge < -0.3 is 9.42 Å². The average Bonchev–Trinajstić information content (AvgIpc) is 3.41. The number of pyridine rings is 1. The minimum absolute atomic E-state index is 0.165. The summed E-state index contributed by atoms with van der Waals surface area (Å²) in [4.78, 5) is 23.7. The highest BCUT2D eigenvalue weighted by atomic mass is 16.5. The standard InChI is InChI=1S/C26H30N6O2/c1-2-7-25(33)31(14-5-3-4-10-24-29-26(30-34-24)19-11-12-19)22-9-6-8-20(16-22)21-13-15-32-23(17-21)27-18-28-32/h6,8-9,13,15-19H,2-5,7,10-12,14H2,1H3. The number of hydrogen-bond acceptors (Lipinski definition) is 6. The van der Waals surface area contributed by atoms with Gasteiger partial charge in [0.1, 0.15) is 6.33 Å². The average molecular weight is 459 g/mol. The summed E-state index contributed by atoms with van der Waals surface area (Å²) < 4.78 is 7.12. The Hall–Kier alpha value is -3.55. The summed E-state index contributed by atoms with van der Waals surface area (Å²) in [6.07, 6.45) is 10.9. The van der Waals surface area contributed by atoms with Crippen molar-refractivity contribution in [3.8, 4) is 11.1 Å². The molecule has 0 unspecified atom stereocenters. The van der Waals surface area contributed by atoms with Crippen molar-refractivity contribution < 1.29 is 9.32 Å². The summed E-state index contributed by atoms with van der Waals surface area (Å²) >= 11 is 0. The molecular formula is C26H30N6O2. The van der Waals surface area contributed by atoms with Crippen LogP contribution in [-0.4, -0.2) is 37.2 Å². The third-order valence-electron chi connectivity index (χ3n) is 6.24. The van der Waals surface area contributed by atoms with Crippen molar-refractivity contribution in [2.45, 2.75) is 64.2 Å². The molecule has 1 saturated carbocycles. The summed E-state index contributed by atoms with van der Waals surface area (Å²) in [6, 6.07) is 12.2. The van der Waals surface area contributed by atoms with E-state index < -0.39 is 0 Å². The van der Waals surface area contributed by atoms with E-state index in [1.54, 1.807) is 10.8 Å². The van der Waals surface area contributed by atoms with Crippen LogP contribution in [0.4, 0.5) is 5.69 Å². The van der Waals surface area contributed by atoms with Crippen LogP contribution in [0.25, 0.3) is 16.8 Å². The molecule has 176 valence electrons. The van der Waals surface area contributed by atoms with Gasteiger partial charge >= 0.3 is 0 Å². The van der Waals surface area contributed by atoms with Crippen LogP contribution in [0, 0.1) is 0 Å². The highest BCUT2D eigenvalue weighted by molar-refractivity contribution is 5.94. The highest BCUT2D eigenvalue weighted by Crippen LogP contribution is 2.38. The zero-order chi connectivity index (χ0) is 23.3. The predicted octanol–water partition coefficient (Wildman–Crippen LogP) is 5.20. The summed E-state index contributed by atoms with van der Waals surface area (Å²) in [6.45, 7) is 2.74. The lowest BCUT2D eigenvalue weighted by Crippen LogP contribution is -2.31. The largest absolute Gasteiger partial charge is 0.339 e. The summed E-state index contributed by atoms with van der Waals surface area (Å²) in [5.41, 5.74) is 3.84. The van der Waals surface area contributed by atoms with Gasteiger partial charge in [0, 0.05) is 37.2 Å². The second-order valence-electron chi connectivity index (χ2n) is 8.96. The first kappa shape index (κ1) is 22.3. The lowest BCUT2D eigenvalue weighted by Gasteiger charge is -2.23. The molecule has 1 fully saturated rings. The second-order valence-corrected chi connectivity index (χ2v) is 8.96. The smallest absolute Gasteiger partial charge is 0.226 e. The zero-order valence-corrected chi connectivity index (χ0v) is 19.6. The Balaban J connectivity index is 1.23.